The van der Waals surface area contributed by atoms with Crippen molar-refractivity contribution in [3.05, 3.63) is 48.8 Å². The predicted molar refractivity (Wildman–Crippen MR) is 74.3 cm³/mol. The van der Waals surface area contributed by atoms with Crippen LogP contribution in [0.4, 0.5) is 0 Å². The summed E-state index contributed by atoms with van der Waals surface area (Å²) in [4.78, 5) is 4.00. The Morgan fingerprint density at radius 2 is 1.62 bits per heavy atom. The Morgan fingerprint density at radius 3 is 2.19 bits per heavy atom. The van der Waals surface area contributed by atoms with Crippen molar-refractivity contribution < 1.29 is 12.8 Å². The molecule has 0 saturated heterocycles. The molecule has 7 nitrogen and oxygen atoms in total. The number of rotatable bonds is 3. The lowest BCUT2D eigenvalue weighted by Gasteiger charge is -1.98. The van der Waals surface area contributed by atoms with Gasteiger partial charge in [0.25, 0.3) is 0 Å². The van der Waals surface area contributed by atoms with Gasteiger partial charge in [-0.1, -0.05) is 0 Å². The number of sulfonamides is 1. The highest BCUT2D eigenvalue weighted by Gasteiger charge is 2.12. The molecule has 3 rings (SSSR count). The third-order valence-corrected chi connectivity index (χ3v) is 3.69. The molecular weight excluding hydrogens is 292 g/mol. The number of hydrogen-bond donors (Lipinski definition) is 1. The van der Waals surface area contributed by atoms with Crippen molar-refractivity contribution >= 4 is 10.0 Å². The molecule has 0 atom stereocenters. The topological polar surface area (TPSA) is 112 Å². The molecule has 1 aromatic carbocycles. The Hall–Kier alpha value is -2.58. The first-order valence-electron chi connectivity index (χ1n) is 5.91. The van der Waals surface area contributed by atoms with Crippen LogP contribution in [0.3, 0.4) is 0 Å². The van der Waals surface area contributed by atoms with Crippen molar-refractivity contribution in [2.75, 3.05) is 0 Å². The average Bonchev–Trinajstić information content (AvgIpc) is 2.97. The molecule has 0 saturated carbocycles. The van der Waals surface area contributed by atoms with E-state index in [9.17, 15) is 8.42 Å². The molecule has 0 aliphatic carbocycles. The minimum absolute atomic E-state index is 0.0262. The van der Waals surface area contributed by atoms with Gasteiger partial charge in [-0.2, -0.15) is 0 Å². The Bertz CT molecular complexity index is 858. The van der Waals surface area contributed by atoms with Gasteiger partial charge in [-0.3, -0.25) is 4.98 Å². The van der Waals surface area contributed by atoms with Crippen molar-refractivity contribution in [2.45, 2.75) is 4.90 Å². The van der Waals surface area contributed by atoms with Crippen LogP contribution >= 0.6 is 0 Å². The third-order valence-electron chi connectivity index (χ3n) is 2.76. The van der Waals surface area contributed by atoms with E-state index in [4.69, 9.17) is 9.56 Å². The molecule has 0 spiro atoms. The predicted octanol–water partition coefficient (Wildman–Crippen LogP) is 1.45. The van der Waals surface area contributed by atoms with E-state index in [2.05, 4.69) is 15.2 Å². The number of pyridine rings is 1. The first-order chi connectivity index (χ1) is 10.0. The SMILES string of the molecule is NS(=O)(=O)c1ccc(-c2nnc(-c3cccnc3)o2)cc1. The highest BCUT2D eigenvalue weighted by Crippen LogP contribution is 2.23. The molecule has 8 heteroatoms. The molecule has 0 fully saturated rings. The molecule has 2 heterocycles. The second-order valence-corrected chi connectivity index (χ2v) is 5.78. The monoisotopic (exact) mass is 302 g/mol. The third kappa shape index (κ3) is 2.81. The summed E-state index contributed by atoms with van der Waals surface area (Å²) in [5.74, 6) is 0.628. The zero-order valence-corrected chi connectivity index (χ0v) is 11.5. The fraction of sp³-hybridized carbons (Fsp3) is 0. The number of hydrogen-bond acceptors (Lipinski definition) is 6. The maximum absolute atomic E-state index is 11.2. The van der Waals surface area contributed by atoms with Crippen LogP contribution in [-0.4, -0.2) is 23.6 Å². The minimum atomic E-state index is -3.71. The Morgan fingerprint density at radius 1 is 0.952 bits per heavy atom. The zero-order valence-electron chi connectivity index (χ0n) is 10.7. The summed E-state index contributed by atoms with van der Waals surface area (Å²) in [6, 6.07) is 9.45. The fourth-order valence-corrected chi connectivity index (χ4v) is 2.25. The lowest BCUT2D eigenvalue weighted by molar-refractivity contribution is 0.584. The highest BCUT2D eigenvalue weighted by molar-refractivity contribution is 7.89. The quantitative estimate of drug-likeness (QED) is 0.783. The molecule has 2 aromatic heterocycles. The zero-order chi connectivity index (χ0) is 14.9. The normalized spacial score (nSPS) is 11.5. The van der Waals surface area contributed by atoms with Crippen LogP contribution in [0, 0.1) is 0 Å². The standard InChI is InChI=1S/C13H10N4O3S/c14-21(18,19)11-5-3-9(4-6-11)12-16-17-13(20-12)10-2-1-7-15-8-10/h1-8H,(H2,14,18,19). The first kappa shape index (κ1) is 13.4. The Kier molecular flexibility index (Phi) is 3.24. The van der Waals surface area contributed by atoms with Gasteiger partial charge in [-0.25, -0.2) is 13.6 Å². The summed E-state index contributed by atoms with van der Waals surface area (Å²) in [5, 5.41) is 12.9. The van der Waals surface area contributed by atoms with E-state index in [1.807, 2.05) is 0 Å². The largest absolute Gasteiger partial charge is 0.416 e. The number of primary sulfonamides is 1. The van der Waals surface area contributed by atoms with Crippen LogP contribution in [0.15, 0.2) is 58.1 Å². The summed E-state index contributed by atoms with van der Waals surface area (Å²) in [6.07, 6.45) is 3.26. The van der Waals surface area contributed by atoms with Crippen LogP contribution in [0.25, 0.3) is 22.9 Å². The van der Waals surface area contributed by atoms with E-state index in [0.29, 0.717) is 17.0 Å². The number of nitrogens with zero attached hydrogens (tertiary/aromatic N) is 3. The van der Waals surface area contributed by atoms with Crippen LogP contribution in [0.1, 0.15) is 0 Å². The molecule has 106 valence electrons. The van der Waals surface area contributed by atoms with Gasteiger partial charge in [-0.15, -0.1) is 10.2 Å². The molecule has 0 bridgehead atoms. The van der Waals surface area contributed by atoms with Gasteiger partial charge in [0.15, 0.2) is 0 Å². The van der Waals surface area contributed by atoms with E-state index >= 15 is 0 Å². The van der Waals surface area contributed by atoms with Crippen molar-refractivity contribution in [2.24, 2.45) is 5.14 Å². The van der Waals surface area contributed by atoms with E-state index in [0.717, 1.165) is 0 Å². The van der Waals surface area contributed by atoms with Crippen LogP contribution < -0.4 is 5.14 Å². The smallest absolute Gasteiger partial charge is 0.249 e. The van der Waals surface area contributed by atoms with Crippen LogP contribution in [0.5, 0.6) is 0 Å². The molecule has 0 aliphatic rings. The molecule has 0 unspecified atom stereocenters. The van der Waals surface area contributed by atoms with Gasteiger partial charge in [0.1, 0.15) is 0 Å². The number of nitrogens with two attached hydrogens (primary N) is 1. The van der Waals surface area contributed by atoms with Crippen molar-refractivity contribution in [3.63, 3.8) is 0 Å². The molecule has 3 aromatic rings. The molecule has 0 radical (unpaired) electrons. The Balaban J connectivity index is 1.94. The van der Waals surface area contributed by atoms with Crippen LogP contribution in [-0.2, 0) is 10.0 Å². The molecule has 0 aliphatic heterocycles. The first-order valence-corrected chi connectivity index (χ1v) is 7.46. The summed E-state index contributed by atoms with van der Waals surface area (Å²) in [7, 11) is -3.71. The maximum atomic E-state index is 11.2. The van der Waals surface area contributed by atoms with Gasteiger partial charge in [0.2, 0.25) is 21.8 Å². The molecule has 21 heavy (non-hydrogen) atoms. The van der Waals surface area contributed by atoms with E-state index < -0.39 is 10.0 Å². The fourth-order valence-electron chi connectivity index (χ4n) is 1.73. The molecular formula is C13H10N4O3S. The van der Waals surface area contributed by atoms with E-state index in [1.54, 1.807) is 36.7 Å². The summed E-state index contributed by atoms with van der Waals surface area (Å²) < 4.78 is 27.9. The van der Waals surface area contributed by atoms with E-state index in [1.165, 1.54) is 12.1 Å². The summed E-state index contributed by atoms with van der Waals surface area (Å²) in [5.41, 5.74) is 1.31. The van der Waals surface area contributed by atoms with Gasteiger partial charge in [0, 0.05) is 18.0 Å². The number of benzene rings is 1. The maximum Gasteiger partial charge on any atom is 0.249 e. The second kappa shape index (κ2) is 5.08. The van der Waals surface area contributed by atoms with Crippen molar-refractivity contribution in [1.29, 1.82) is 0 Å². The van der Waals surface area contributed by atoms with Gasteiger partial charge in [-0.05, 0) is 36.4 Å². The van der Waals surface area contributed by atoms with Crippen molar-refractivity contribution in [3.8, 4) is 22.9 Å². The van der Waals surface area contributed by atoms with Crippen molar-refractivity contribution in [1.82, 2.24) is 15.2 Å². The Labute approximate surface area is 120 Å². The molecule has 2 N–H and O–H groups in total. The lowest BCUT2D eigenvalue weighted by Crippen LogP contribution is -2.11. The van der Waals surface area contributed by atoms with Gasteiger partial charge < -0.3 is 4.42 Å². The highest BCUT2D eigenvalue weighted by atomic mass is 32.2. The summed E-state index contributed by atoms with van der Waals surface area (Å²) in [6.45, 7) is 0. The minimum Gasteiger partial charge on any atom is -0.416 e. The second-order valence-electron chi connectivity index (χ2n) is 4.22. The summed E-state index contributed by atoms with van der Waals surface area (Å²) >= 11 is 0. The number of aromatic nitrogens is 3. The van der Waals surface area contributed by atoms with Gasteiger partial charge in [0.05, 0.1) is 10.5 Å². The van der Waals surface area contributed by atoms with E-state index in [-0.39, 0.29) is 10.8 Å². The average molecular weight is 302 g/mol. The van der Waals surface area contributed by atoms with Gasteiger partial charge >= 0.3 is 0 Å². The van der Waals surface area contributed by atoms with Crippen LogP contribution in [0.2, 0.25) is 0 Å². The molecule has 0 amide bonds. The lowest BCUT2D eigenvalue weighted by atomic mass is 10.2.